The Morgan fingerprint density at radius 1 is 0.870 bits per heavy atom. The van der Waals surface area contributed by atoms with Gasteiger partial charge in [-0.05, 0) is 24.3 Å². The zero-order chi connectivity index (χ0) is 17.8. The Hall–Kier alpha value is -2.51. The second-order valence-corrected chi connectivity index (χ2v) is 4.73. The van der Waals surface area contributed by atoms with Gasteiger partial charge in [0, 0.05) is 0 Å². The molecule has 2 rings (SSSR count). The SMILES string of the molecule is C[CH2][Co].NC(=O)c1ccccc1O.NC(=O)c1ccccc1O. The molecule has 0 aliphatic heterocycles. The minimum Gasteiger partial charge on any atom is -0.507 e. The van der Waals surface area contributed by atoms with Crippen LogP contribution in [0.1, 0.15) is 27.6 Å². The van der Waals surface area contributed by atoms with Crippen molar-refractivity contribution in [1.29, 1.82) is 0 Å². The molecule has 6 nitrogen and oxygen atoms in total. The molecule has 0 radical (unpaired) electrons. The molecule has 0 aliphatic carbocycles. The number of rotatable bonds is 2. The summed E-state index contributed by atoms with van der Waals surface area (Å²) in [5.74, 6) is -1.37. The van der Waals surface area contributed by atoms with Crippen LogP contribution in [0, 0.1) is 0 Å². The van der Waals surface area contributed by atoms with Crippen LogP contribution in [0.5, 0.6) is 11.5 Å². The first-order chi connectivity index (χ1) is 10.8. The Kier molecular flexibility index (Phi) is 9.89. The van der Waals surface area contributed by atoms with Gasteiger partial charge >= 0.3 is 28.0 Å². The third-order valence-electron chi connectivity index (χ3n) is 2.34. The number of phenols is 2. The van der Waals surface area contributed by atoms with E-state index in [9.17, 15) is 9.59 Å². The van der Waals surface area contributed by atoms with Crippen molar-refractivity contribution in [3.8, 4) is 11.5 Å². The van der Waals surface area contributed by atoms with Crippen LogP contribution in [0.25, 0.3) is 0 Å². The largest absolute Gasteiger partial charge is 0.507 e. The predicted octanol–water partition coefficient (Wildman–Crippen LogP) is 1.95. The van der Waals surface area contributed by atoms with E-state index in [0.717, 1.165) is 5.36 Å². The van der Waals surface area contributed by atoms with E-state index in [4.69, 9.17) is 21.7 Å². The van der Waals surface area contributed by atoms with Gasteiger partial charge < -0.3 is 21.7 Å². The number of aromatic hydroxyl groups is 2. The van der Waals surface area contributed by atoms with E-state index in [1.54, 1.807) is 24.3 Å². The number of hydrogen-bond acceptors (Lipinski definition) is 4. The van der Waals surface area contributed by atoms with E-state index in [0.29, 0.717) is 0 Å². The summed E-state index contributed by atoms with van der Waals surface area (Å²) in [6.45, 7) is 1.99. The third-order valence-corrected chi connectivity index (χ3v) is 2.34. The average molecular weight is 362 g/mol. The first kappa shape index (κ1) is 20.5. The number of primary amides is 2. The Labute approximate surface area is 142 Å². The van der Waals surface area contributed by atoms with Crippen molar-refractivity contribution in [1.82, 2.24) is 0 Å². The van der Waals surface area contributed by atoms with Crippen molar-refractivity contribution in [3.63, 3.8) is 0 Å². The predicted molar refractivity (Wildman–Crippen MR) is 83.7 cm³/mol. The van der Waals surface area contributed by atoms with Gasteiger partial charge in [0.05, 0.1) is 11.1 Å². The number of benzene rings is 2. The minimum absolute atomic E-state index is 0.0741. The van der Waals surface area contributed by atoms with Crippen LogP contribution in [-0.4, -0.2) is 22.0 Å². The molecule has 0 heterocycles. The van der Waals surface area contributed by atoms with Crippen LogP contribution in [0.15, 0.2) is 48.5 Å². The summed E-state index contributed by atoms with van der Waals surface area (Å²) in [7, 11) is 0. The molecule has 0 saturated heterocycles. The quantitative estimate of drug-likeness (QED) is 0.651. The Balaban J connectivity index is 0.000000360. The van der Waals surface area contributed by atoms with E-state index in [1.165, 1.54) is 24.3 Å². The van der Waals surface area contributed by atoms with Crippen LogP contribution in [0.3, 0.4) is 0 Å². The zero-order valence-corrected chi connectivity index (χ0v) is 13.6. The van der Waals surface area contributed by atoms with Gasteiger partial charge in [0.1, 0.15) is 11.5 Å². The van der Waals surface area contributed by atoms with Gasteiger partial charge in [-0.1, -0.05) is 24.3 Å². The Morgan fingerprint density at radius 3 is 1.30 bits per heavy atom. The molecule has 0 unspecified atom stereocenters. The molecule has 0 spiro atoms. The molecule has 126 valence electrons. The number of carbonyl (C=O) groups excluding carboxylic acids is 2. The van der Waals surface area contributed by atoms with Crippen molar-refractivity contribution in [2.45, 2.75) is 12.3 Å². The van der Waals surface area contributed by atoms with Crippen LogP contribution >= 0.6 is 0 Å². The number of amides is 2. The molecule has 2 aromatic carbocycles. The van der Waals surface area contributed by atoms with Crippen LogP contribution in [-0.2, 0) is 15.7 Å². The van der Waals surface area contributed by atoms with Crippen LogP contribution < -0.4 is 11.5 Å². The van der Waals surface area contributed by atoms with Crippen molar-refractivity contribution >= 4 is 11.8 Å². The molecule has 0 aromatic heterocycles. The van der Waals surface area contributed by atoms with E-state index < -0.39 is 11.8 Å². The van der Waals surface area contributed by atoms with E-state index in [1.807, 2.05) is 6.92 Å². The van der Waals surface area contributed by atoms with Gasteiger partial charge in [-0.15, -0.1) is 0 Å². The van der Waals surface area contributed by atoms with Gasteiger partial charge in [0.25, 0.3) is 11.8 Å². The first-order valence-corrected chi connectivity index (χ1v) is 7.27. The standard InChI is InChI=1S/2C7H7NO2.C2H5.Co/c2*8-7(10)5-3-1-2-4-6(5)9;1-2;/h2*1-4,9H,(H2,8,10);1H2,2H3;. The topological polar surface area (TPSA) is 127 Å². The van der Waals surface area contributed by atoms with Gasteiger partial charge in [0.2, 0.25) is 0 Å². The number of carbonyl (C=O) groups is 2. The maximum absolute atomic E-state index is 10.5. The van der Waals surface area contributed by atoms with Crippen LogP contribution in [0.4, 0.5) is 0 Å². The second kappa shape index (κ2) is 11.1. The maximum Gasteiger partial charge on any atom is 0.252 e. The third kappa shape index (κ3) is 7.89. The molecular formula is C16H19CoN2O4. The molecule has 0 saturated carbocycles. The summed E-state index contributed by atoms with van der Waals surface area (Å²) < 4.78 is 0. The fraction of sp³-hybridized carbons (Fsp3) is 0.125. The molecule has 2 aromatic rings. The summed E-state index contributed by atoms with van der Waals surface area (Å²) >= 11 is 3.83. The minimum atomic E-state index is -0.613. The summed E-state index contributed by atoms with van der Waals surface area (Å²) in [4.78, 5) is 21.0. The Morgan fingerprint density at radius 2 is 1.13 bits per heavy atom. The van der Waals surface area contributed by atoms with E-state index >= 15 is 0 Å². The van der Waals surface area contributed by atoms with Crippen molar-refractivity contribution < 1.29 is 35.5 Å². The second-order valence-electron chi connectivity index (χ2n) is 4.00. The van der Waals surface area contributed by atoms with Crippen molar-refractivity contribution in [2.24, 2.45) is 11.5 Å². The van der Waals surface area contributed by atoms with E-state index in [-0.39, 0.29) is 22.6 Å². The van der Waals surface area contributed by atoms with Gasteiger partial charge in [0.15, 0.2) is 0 Å². The number of hydrogen-bond donors (Lipinski definition) is 4. The molecule has 0 atom stereocenters. The molecule has 0 fully saturated rings. The van der Waals surface area contributed by atoms with Crippen LogP contribution in [0.2, 0.25) is 5.36 Å². The van der Waals surface area contributed by atoms with Crippen molar-refractivity contribution in [3.05, 3.63) is 59.7 Å². The monoisotopic (exact) mass is 362 g/mol. The first-order valence-electron chi connectivity index (χ1n) is 6.53. The molecule has 7 heteroatoms. The van der Waals surface area contributed by atoms with E-state index in [2.05, 4.69) is 15.7 Å². The zero-order valence-electron chi connectivity index (χ0n) is 12.5. The summed E-state index contributed by atoms with van der Waals surface area (Å²) in [5, 5.41) is 18.9. The number of nitrogens with two attached hydrogens (primary N) is 2. The molecular weight excluding hydrogens is 343 g/mol. The molecule has 2 amide bonds. The summed E-state index contributed by atoms with van der Waals surface area (Å²) in [6, 6.07) is 12.3. The smallest absolute Gasteiger partial charge is 0.252 e. The van der Waals surface area contributed by atoms with Gasteiger partial charge in [-0.3, -0.25) is 9.59 Å². The molecule has 0 aliphatic rings. The number of para-hydroxylation sites is 2. The summed E-state index contributed by atoms with van der Waals surface area (Å²) in [6.07, 6.45) is 0. The molecule has 0 bridgehead atoms. The van der Waals surface area contributed by atoms with Gasteiger partial charge in [-0.25, -0.2) is 0 Å². The average Bonchev–Trinajstić information content (AvgIpc) is 2.49. The van der Waals surface area contributed by atoms with Gasteiger partial charge in [-0.2, -0.15) is 0 Å². The summed E-state index contributed by atoms with van der Waals surface area (Å²) in [5.41, 5.74) is 10.1. The molecule has 23 heavy (non-hydrogen) atoms. The maximum atomic E-state index is 10.5. The normalized spacial score (nSPS) is 8.83. The van der Waals surface area contributed by atoms with Crippen molar-refractivity contribution in [2.75, 3.05) is 0 Å². The Bertz CT molecular complexity index is 592. The fourth-order valence-electron chi connectivity index (χ4n) is 1.36. The molecule has 6 N–H and O–H groups in total. The fourth-order valence-corrected chi connectivity index (χ4v) is 1.36.